The molecule has 0 rings (SSSR count). The zero-order valence-electron chi connectivity index (χ0n) is 42.2. The molecule has 0 radical (unpaired) electrons. The second-order valence-corrected chi connectivity index (χ2v) is 17.4. The van der Waals surface area contributed by atoms with Gasteiger partial charge in [0.1, 0.15) is 13.2 Å². The Morgan fingerprint density at radius 3 is 1.08 bits per heavy atom. The predicted molar refractivity (Wildman–Crippen MR) is 279 cm³/mol. The van der Waals surface area contributed by atoms with Crippen molar-refractivity contribution < 1.29 is 28.6 Å². The SMILES string of the molecule is CC/C=C\C/C=C\C/C=C\C/C=C\C/C=C\C/C=C\CCC(=O)OCC(COC(=O)CCCCCCC/C=C\CCCC)OC(=O)CCCCCCCCC/C=C\CCCCCCCC. The van der Waals surface area contributed by atoms with Crippen LogP contribution in [0, 0.1) is 0 Å². The third-order valence-electron chi connectivity index (χ3n) is 11.1. The Labute approximate surface area is 400 Å². The van der Waals surface area contributed by atoms with Crippen LogP contribution in [-0.2, 0) is 28.6 Å². The smallest absolute Gasteiger partial charge is 0.306 e. The van der Waals surface area contributed by atoms with Gasteiger partial charge in [0.25, 0.3) is 0 Å². The van der Waals surface area contributed by atoms with Crippen LogP contribution in [0.2, 0.25) is 0 Å². The molecule has 1 atom stereocenters. The fourth-order valence-corrected chi connectivity index (χ4v) is 7.03. The van der Waals surface area contributed by atoms with Crippen molar-refractivity contribution >= 4 is 17.9 Å². The average Bonchev–Trinajstić information content (AvgIpc) is 3.30. The van der Waals surface area contributed by atoms with Crippen LogP contribution in [0.4, 0.5) is 0 Å². The molecule has 0 aliphatic rings. The Kier molecular flexibility index (Phi) is 50.0. The lowest BCUT2D eigenvalue weighted by atomic mass is 10.1. The highest BCUT2D eigenvalue weighted by Crippen LogP contribution is 2.14. The predicted octanol–water partition coefficient (Wildman–Crippen LogP) is 17.8. The first-order valence-corrected chi connectivity index (χ1v) is 26.7. The van der Waals surface area contributed by atoms with Crippen LogP contribution in [-0.4, -0.2) is 37.2 Å². The van der Waals surface area contributed by atoms with E-state index in [9.17, 15) is 14.4 Å². The molecular formula is C59H98O6. The van der Waals surface area contributed by atoms with Gasteiger partial charge in [-0.1, -0.05) is 214 Å². The summed E-state index contributed by atoms with van der Waals surface area (Å²) in [7, 11) is 0. The van der Waals surface area contributed by atoms with Gasteiger partial charge >= 0.3 is 17.9 Å². The van der Waals surface area contributed by atoms with Crippen molar-refractivity contribution in [3.05, 3.63) is 97.2 Å². The number of unbranched alkanes of at least 4 members (excludes halogenated alkanes) is 20. The summed E-state index contributed by atoms with van der Waals surface area (Å²) in [5, 5.41) is 0. The van der Waals surface area contributed by atoms with Crippen molar-refractivity contribution in [3.8, 4) is 0 Å². The van der Waals surface area contributed by atoms with E-state index in [1.165, 1.54) is 103 Å². The Hall–Kier alpha value is -3.67. The van der Waals surface area contributed by atoms with Crippen molar-refractivity contribution in [3.63, 3.8) is 0 Å². The standard InChI is InChI=1S/C59H98O6/c1-4-7-10-13-16-19-22-24-26-28-29-31-32-34-37-40-43-46-49-52-58(61)64-55-56(54-63-57(60)51-48-45-42-39-36-21-18-15-12-9-6-3)65-59(62)53-50-47-44-41-38-35-33-30-27-25-23-20-17-14-11-8-5-2/h7,10,15-16,18-19,24-27,29,31,34,37,43,46,56H,4-6,8-9,11-14,17,20-23,28,30,32-33,35-36,38-42,44-45,47-55H2,1-3H3/b10-7-,18-15-,19-16-,26-24-,27-25-,31-29-,37-34-,46-43-. The third kappa shape index (κ3) is 51.2. The van der Waals surface area contributed by atoms with E-state index in [1.807, 2.05) is 6.08 Å². The molecule has 6 nitrogen and oxygen atoms in total. The molecule has 0 saturated carbocycles. The highest BCUT2D eigenvalue weighted by atomic mass is 16.6. The first kappa shape index (κ1) is 61.3. The normalized spacial score (nSPS) is 12.8. The monoisotopic (exact) mass is 903 g/mol. The molecule has 0 spiro atoms. The van der Waals surface area contributed by atoms with Gasteiger partial charge in [-0.05, 0) is 103 Å². The quantitative estimate of drug-likeness (QED) is 0.0262. The second kappa shape index (κ2) is 52.9. The molecule has 0 heterocycles. The van der Waals surface area contributed by atoms with Gasteiger partial charge in [0.15, 0.2) is 6.10 Å². The van der Waals surface area contributed by atoms with Crippen LogP contribution in [0.1, 0.15) is 239 Å². The van der Waals surface area contributed by atoms with Crippen LogP contribution >= 0.6 is 0 Å². The van der Waals surface area contributed by atoms with E-state index in [0.29, 0.717) is 19.3 Å². The molecule has 0 N–H and O–H groups in total. The summed E-state index contributed by atoms with van der Waals surface area (Å²) in [6, 6.07) is 0. The van der Waals surface area contributed by atoms with Crippen molar-refractivity contribution in [1.29, 1.82) is 0 Å². The maximum absolute atomic E-state index is 12.8. The maximum Gasteiger partial charge on any atom is 0.306 e. The molecule has 65 heavy (non-hydrogen) atoms. The number of rotatable bonds is 47. The number of ether oxygens (including phenoxy) is 3. The summed E-state index contributed by atoms with van der Waals surface area (Å²) >= 11 is 0. The van der Waals surface area contributed by atoms with Gasteiger partial charge in [-0.2, -0.15) is 0 Å². The van der Waals surface area contributed by atoms with Crippen molar-refractivity contribution in [2.24, 2.45) is 0 Å². The summed E-state index contributed by atoms with van der Waals surface area (Å²) in [4.78, 5) is 38.0. The minimum Gasteiger partial charge on any atom is -0.462 e. The summed E-state index contributed by atoms with van der Waals surface area (Å²) in [5.41, 5.74) is 0. The largest absolute Gasteiger partial charge is 0.462 e. The number of allylic oxidation sites excluding steroid dienone is 16. The minimum absolute atomic E-state index is 0.108. The van der Waals surface area contributed by atoms with Crippen LogP contribution in [0.5, 0.6) is 0 Å². The second-order valence-electron chi connectivity index (χ2n) is 17.4. The first-order valence-electron chi connectivity index (χ1n) is 26.7. The van der Waals surface area contributed by atoms with E-state index in [-0.39, 0.29) is 37.5 Å². The van der Waals surface area contributed by atoms with Crippen LogP contribution < -0.4 is 0 Å². The van der Waals surface area contributed by atoms with Gasteiger partial charge in [0.2, 0.25) is 0 Å². The highest BCUT2D eigenvalue weighted by Gasteiger charge is 2.19. The molecule has 0 aromatic carbocycles. The molecule has 370 valence electrons. The molecule has 0 aliphatic heterocycles. The Morgan fingerprint density at radius 1 is 0.323 bits per heavy atom. The molecule has 1 unspecified atom stereocenters. The molecule has 6 heteroatoms. The zero-order chi connectivity index (χ0) is 47.2. The number of carbonyl (C=O) groups is 3. The van der Waals surface area contributed by atoms with Crippen molar-refractivity contribution in [2.75, 3.05) is 13.2 Å². The molecule has 0 bridgehead atoms. The molecule has 0 fully saturated rings. The van der Waals surface area contributed by atoms with Gasteiger partial charge in [-0.3, -0.25) is 14.4 Å². The lowest BCUT2D eigenvalue weighted by Gasteiger charge is -2.18. The molecule has 0 saturated heterocycles. The third-order valence-corrected chi connectivity index (χ3v) is 11.1. The number of hydrogen-bond acceptors (Lipinski definition) is 6. The van der Waals surface area contributed by atoms with E-state index in [2.05, 4.69) is 112 Å². The summed E-state index contributed by atoms with van der Waals surface area (Å²) in [6.45, 7) is 6.40. The van der Waals surface area contributed by atoms with Crippen LogP contribution in [0.25, 0.3) is 0 Å². The fraction of sp³-hybridized carbons (Fsp3) is 0.678. The topological polar surface area (TPSA) is 78.9 Å². The van der Waals surface area contributed by atoms with Gasteiger partial charge in [0.05, 0.1) is 0 Å². The molecular weight excluding hydrogens is 805 g/mol. The lowest BCUT2D eigenvalue weighted by Crippen LogP contribution is -2.30. The van der Waals surface area contributed by atoms with Crippen LogP contribution in [0.15, 0.2) is 97.2 Å². The summed E-state index contributed by atoms with van der Waals surface area (Å²) < 4.78 is 16.7. The van der Waals surface area contributed by atoms with Crippen molar-refractivity contribution in [2.45, 2.75) is 245 Å². The van der Waals surface area contributed by atoms with Gasteiger partial charge < -0.3 is 14.2 Å². The van der Waals surface area contributed by atoms with Gasteiger partial charge in [0, 0.05) is 19.3 Å². The molecule has 0 aromatic rings. The van der Waals surface area contributed by atoms with E-state index < -0.39 is 6.10 Å². The van der Waals surface area contributed by atoms with Crippen LogP contribution in [0.3, 0.4) is 0 Å². The Morgan fingerprint density at radius 2 is 0.646 bits per heavy atom. The number of carbonyl (C=O) groups excluding carboxylic acids is 3. The first-order chi connectivity index (χ1) is 32.0. The maximum atomic E-state index is 12.8. The average molecular weight is 903 g/mol. The molecule has 0 aliphatic carbocycles. The minimum atomic E-state index is -0.813. The number of esters is 3. The van der Waals surface area contributed by atoms with Crippen molar-refractivity contribution in [1.82, 2.24) is 0 Å². The summed E-state index contributed by atoms with van der Waals surface area (Å²) in [6.07, 6.45) is 69.8. The lowest BCUT2D eigenvalue weighted by molar-refractivity contribution is -0.166. The Bertz CT molecular complexity index is 1310. The molecule has 0 amide bonds. The van der Waals surface area contributed by atoms with Gasteiger partial charge in [-0.25, -0.2) is 0 Å². The van der Waals surface area contributed by atoms with E-state index in [4.69, 9.17) is 14.2 Å². The van der Waals surface area contributed by atoms with E-state index in [1.54, 1.807) is 0 Å². The van der Waals surface area contributed by atoms with Gasteiger partial charge in [-0.15, -0.1) is 0 Å². The highest BCUT2D eigenvalue weighted by molar-refractivity contribution is 5.71. The van der Waals surface area contributed by atoms with E-state index >= 15 is 0 Å². The number of hydrogen-bond donors (Lipinski definition) is 0. The fourth-order valence-electron chi connectivity index (χ4n) is 7.03. The summed E-state index contributed by atoms with van der Waals surface area (Å²) in [5.74, 6) is -1.01. The van der Waals surface area contributed by atoms with E-state index in [0.717, 1.165) is 89.9 Å². The Balaban J connectivity index is 4.49. The zero-order valence-corrected chi connectivity index (χ0v) is 42.2. The molecule has 0 aromatic heterocycles.